The molecule has 3 heterocycles. The lowest BCUT2D eigenvalue weighted by molar-refractivity contribution is -0.113. The molecule has 160 valence electrons. The smallest absolute Gasteiger partial charge is 0.236 e. The number of nitrogens with zero attached hydrogens (tertiary/aromatic N) is 2. The van der Waals surface area contributed by atoms with Crippen LogP contribution in [0.15, 0.2) is 53.4 Å². The summed E-state index contributed by atoms with van der Waals surface area (Å²) >= 11 is 3.07. The van der Waals surface area contributed by atoms with Crippen molar-refractivity contribution in [3.63, 3.8) is 0 Å². The number of fused-ring (bicyclic) bond motifs is 2. The largest absolute Gasteiger partial charge is 0.486 e. The van der Waals surface area contributed by atoms with E-state index < -0.39 is 0 Å². The number of aromatic nitrogens is 1. The summed E-state index contributed by atoms with van der Waals surface area (Å²) in [6.45, 7) is 3.93. The van der Waals surface area contributed by atoms with Crippen molar-refractivity contribution in [2.75, 3.05) is 30.8 Å². The van der Waals surface area contributed by atoms with Gasteiger partial charge in [-0.2, -0.15) is 0 Å². The van der Waals surface area contributed by atoms with Gasteiger partial charge in [-0.1, -0.05) is 30.3 Å². The van der Waals surface area contributed by atoms with Gasteiger partial charge >= 0.3 is 0 Å². The summed E-state index contributed by atoms with van der Waals surface area (Å²) in [5, 5.41) is 3.66. The number of thioether (sulfide) groups is 1. The third kappa shape index (κ3) is 5.03. The first kappa shape index (κ1) is 20.4. The predicted octanol–water partition coefficient (Wildman–Crippen LogP) is 4.20. The maximum Gasteiger partial charge on any atom is 0.236 e. The SMILES string of the molecule is O=C(CSc1ccc2c(c1)OCCO2)Nc1nc2c(s1)CN(Cc1ccccc1)CC2. The van der Waals surface area contributed by atoms with Crippen molar-refractivity contribution in [2.24, 2.45) is 0 Å². The van der Waals surface area contributed by atoms with Crippen LogP contribution in [0.4, 0.5) is 5.13 Å². The zero-order valence-corrected chi connectivity index (χ0v) is 18.6. The summed E-state index contributed by atoms with van der Waals surface area (Å²) in [7, 11) is 0. The van der Waals surface area contributed by atoms with Crippen LogP contribution in [-0.2, 0) is 24.3 Å². The molecule has 5 rings (SSSR count). The second kappa shape index (κ2) is 9.30. The van der Waals surface area contributed by atoms with Gasteiger partial charge < -0.3 is 14.8 Å². The van der Waals surface area contributed by atoms with Crippen LogP contribution in [0.5, 0.6) is 11.5 Å². The zero-order valence-electron chi connectivity index (χ0n) is 17.0. The van der Waals surface area contributed by atoms with Crippen molar-refractivity contribution in [1.82, 2.24) is 9.88 Å². The fourth-order valence-corrected chi connectivity index (χ4v) is 5.49. The van der Waals surface area contributed by atoms with Gasteiger partial charge in [0.05, 0.1) is 11.4 Å². The third-order valence-electron chi connectivity index (χ3n) is 5.19. The Hall–Kier alpha value is -2.55. The molecular weight excluding hydrogens is 430 g/mol. The first-order valence-electron chi connectivity index (χ1n) is 10.3. The van der Waals surface area contributed by atoms with Crippen molar-refractivity contribution in [3.8, 4) is 11.5 Å². The second-order valence-electron chi connectivity index (χ2n) is 7.48. The first-order valence-corrected chi connectivity index (χ1v) is 12.1. The van der Waals surface area contributed by atoms with E-state index in [1.807, 2.05) is 24.3 Å². The van der Waals surface area contributed by atoms with Gasteiger partial charge in [-0.05, 0) is 23.8 Å². The molecule has 1 aromatic heterocycles. The highest BCUT2D eigenvalue weighted by atomic mass is 32.2. The van der Waals surface area contributed by atoms with Gasteiger partial charge in [0, 0.05) is 35.8 Å². The van der Waals surface area contributed by atoms with Crippen LogP contribution in [0.2, 0.25) is 0 Å². The minimum Gasteiger partial charge on any atom is -0.486 e. The quantitative estimate of drug-likeness (QED) is 0.565. The molecule has 6 nitrogen and oxygen atoms in total. The van der Waals surface area contributed by atoms with Crippen LogP contribution in [0.25, 0.3) is 0 Å². The van der Waals surface area contributed by atoms with Gasteiger partial charge in [-0.25, -0.2) is 4.98 Å². The Balaban J connectivity index is 1.15. The topological polar surface area (TPSA) is 63.7 Å². The number of rotatable bonds is 6. The monoisotopic (exact) mass is 453 g/mol. The molecule has 1 amide bonds. The molecule has 0 bridgehead atoms. The van der Waals surface area contributed by atoms with Crippen LogP contribution < -0.4 is 14.8 Å². The molecule has 2 aromatic carbocycles. The minimum absolute atomic E-state index is 0.0490. The number of carbonyl (C=O) groups excluding carboxylic acids is 1. The molecule has 2 aliphatic rings. The van der Waals surface area contributed by atoms with Crippen LogP contribution >= 0.6 is 23.1 Å². The molecule has 3 aromatic rings. The summed E-state index contributed by atoms with van der Waals surface area (Å²) < 4.78 is 11.1. The summed E-state index contributed by atoms with van der Waals surface area (Å²) in [5.74, 6) is 1.77. The van der Waals surface area contributed by atoms with Crippen LogP contribution in [0.3, 0.4) is 0 Å². The molecule has 0 atom stereocenters. The third-order valence-corrected chi connectivity index (χ3v) is 7.18. The standard InChI is InChI=1S/C23H23N3O3S2/c27-22(15-30-17-6-7-19-20(12-17)29-11-10-28-19)25-23-24-18-8-9-26(14-21(18)31-23)13-16-4-2-1-3-5-16/h1-7,12H,8-11,13-15H2,(H,24,25,27). The molecule has 0 unspecified atom stereocenters. The Morgan fingerprint density at radius 1 is 1.13 bits per heavy atom. The van der Waals surface area contributed by atoms with E-state index in [4.69, 9.17) is 9.47 Å². The molecule has 0 saturated carbocycles. The molecular formula is C23H23N3O3S2. The van der Waals surface area contributed by atoms with E-state index >= 15 is 0 Å². The molecule has 0 spiro atoms. The molecule has 31 heavy (non-hydrogen) atoms. The van der Waals surface area contributed by atoms with Crippen molar-refractivity contribution >= 4 is 34.1 Å². The normalized spacial score (nSPS) is 15.4. The van der Waals surface area contributed by atoms with E-state index in [2.05, 4.69) is 39.5 Å². The fourth-order valence-electron chi connectivity index (χ4n) is 3.70. The fraction of sp³-hybridized carbons (Fsp3) is 0.304. The lowest BCUT2D eigenvalue weighted by Crippen LogP contribution is -2.29. The van der Waals surface area contributed by atoms with Gasteiger partial charge in [-0.15, -0.1) is 23.1 Å². The summed E-state index contributed by atoms with van der Waals surface area (Å²) in [4.78, 5) is 21.8. The van der Waals surface area contributed by atoms with Gasteiger partial charge in [0.25, 0.3) is 0 Å². The van der Waals surface area contributed by atoms with Crippen molar-refractivity contribution in [2.45, 2.75) is 24.4 Å². The number of hydrogen-bond acceptors (Lipinski definition) is 7. The zero-order chi connectivity index (χ0) is 21.0. The molecule has 8 heteroatoms. The highest BCUT2D eigenvalue weighted by molar-refractivity contribution is 8.00. The van der Waals surface area contributed by atoms with Crippen LogP contribution in [0, 0.1) is 0 Å². The molecule has 0 saturated heterocycles. The van der Waals surface area contributed by atoms with Crippen molar-refractivity contribution in [1.29, 1.82) is 0 Å². The van der Waals surface area contributed by atoms with Crippen molar-refractivity contribution in [3.05, 3.63) is 64.7 Å². The number of ether oxygens (including phenoxy) is 2. The molecule has 0 aliphatic carbocycles. The molecule has 0 fully saturated rings. The van der Waals surface area contributed by atoms with Gasteiger partial charge in [0.1, 0.15) is 13.2 Å². The van der Waals surface area contributed by atoms with E-state index in [1.54, 1.807) is 11.3 Å². The number of anilines is 1. The van der Waals surface area contributed by atoms with Crippen molar-refractivity contribution < 1.29 is 14.3 Å². The number of thiazole rings is 1. The minimum atomic E-state index is -0.0490. The van der Waals surface area contributed by atoms with Gasteiger partial charge in [0.2, 0.25) is 5.91 Å². The summed E-state index contributed by atoms with van der Waals surface area (Å²) in [6.07, 6.45) is 0.917. The Kier molecular flexibility index (Phi) is 6.11. The Morgan fingerprint density at radius 2 is 1.97 bits per heavy atom. The average Bonchev–Trinajstić information content (AvgIpc) is 3.19. The first-order chi connectivity index (χ1) is 15.2. The van der Waals surface area contributed by atoms with E-state index in [1.165, 1.54) is 22.2 Å². The molecule has 0 radical (unpaired) electrons. The van der Waals surface area contributed by atoms with Crippen LogP contribution in [0.1, 0.15) is 16.1 Å². The van der Waals surface area contributed by atoms with E-state index in [9.17, 15) is 4.79 Å². The maximum absolute atomic E-state index is 12.5. The van der Waals surface area contributed by atoms with Crippen LogP contribution in [-0.4, -0.2) is 41.3 Å². The highest BCUT2D eigenvalue weighted by Gasteiger charge is 2.21. The lowest BCUT2D eigenvalue weighted by Gasteiger charge is -2.25. The average molecular weight is 454 g/mol. The summed E-state index contributed by atoms with van der Waals surface area (Å²) in [5.41, 5.74) is 2.43. The number of carbonyl (C=O) groups is 1. The lowest BCUT2D eigenvalue weighted by atomic mass is 10.1. The number of hydrogen-bond donors (Lipinski definition) is 1. The number of amides is 1. The molecule has 1 N–H and O–H groups in total. The number of benzene rings is 2. The highest BCUT2D eigenvalue weighted by Crippen LogP contribution is 2.34. The van der Waals surface area contributed by atoms with Gasteiger partial charge in [-0.3, -0.25) is 9.69 Å². The number of nitrogens with one attached hydrogen (secondary N) is 1. The Labute approximate surface area is 189 Å². The van der Waals surface area contributed by atoms with E-state index in [0.29, 0.717) is 24.1 Å². The molecule has 2 aliphatic heterocycles. The predicted molar refractivity (Wildman–Crippen MR) is 123 cm³/mol. The van der Waals surface area contributed by atoms with Gasteiger partial charge in [0.15, 0.2) is 16.6 Å². The Bertz CT molecular complexity index is 1070. The Morgan fingerprint density at radius 3 is 2.84 bits per heavy atom. The van der Waals surface area contributed by atoms with E-state index in [0.717, 1.165) is 48.1 Å². The summed E-state index contributed by atoms with van der Waals surface area (Å²) in [6, 6.07) is 16.3. The second-order valence-corrected chi connectivity index (χ2v) is 9.61. The van der Waals surface area contributed by atoms with E-state index in [-0.39, 0.29) is 5.91 Å². The maximum atomic E-state index is 12.5.